The molecule has 0 saturated heterocycles. The summed E-state index contributed by atoms with van der Waals surface area (Å²) in [7, 11) is -2.87. The van der Waals surface area contributed by atoms with Crippen LogP contribution in [0.3, 0.4) is 0 Å². The molecule has 0 aromatic rings. The molecule has 0 rings (SSSR count). The van der Waals surface area contributed by atoms with Crippen molar-refractivity contribution in [3.8, 4) is 0 Å². The van der Waals surface area contributed by atoms with Crippen LogP contribution in [0.5, 0.6) is 0 Å². The highest BCUT2D eigenvalue weighted by Gasteiger charge is 2.23. The van der Waals surface area contributed by atoms with Crippen molar-refractivity contribution in [3.05, 3.63) is 0 Å². The standard InChI is InChI=1S/C10H23NO2S/c1-4-8-14(12,13)9-7-10(11,5-2)6-3/h4-9,11H2,1-3H3. The Hall–Kier alpha value is -0.0900. The number of hydrogen-bond acceptors (Lipinski definition) is 3. The van der Waals surface area contributed by atoms with Crippen LogP contribution >= 0.6 is 0 Å². The molecule has 0 bridgehead atoms. The van der Waals surface area contributed by atoms with E-state index in [0.717, 1.165) is 12.8 Å². The molecule has 0 amide bonds. The molecule has 0 aliphatic heterocycles. The maximum Gasteiger partial charge on any atom is 0.150 e. The molecule has 4 heteroatoms. The second-order valence-corrected chi connectivity index (χ2v) is 6.27. The second kappa shape index (κ2) is 5.71. The summed E-state index contributed by atoms with van der Waals surface area (Å²) in [5.41, 5.74) is 5.74. The number of sulfone groups is 1. The van der Waals surface area contributed by atoms with Gasteiger partial charge in [-0.3, -0.25) is 0 Å². The van der Waals surface area contributed by atoms with Gasteiger partial charge in [0.2, 0.25) is 0 Å². The van der Waals surface area contributed by atoms with Gasteiger partial charge in [-0.15, -0.1) is 0 Å². The van der Waals surface area contributed by atoms with E-state index in [1.165, 1.54) is 0 Å². The van der Waals surface area contributed by atoms with Crippen molar-refractivity contribution in [3.63, 3.8) is 0 Å². The second-order valence-electron chi connectivity index (χ2n) is 3.97. The zero-order valence-electron chi connectivity index (χ0n) is 9.54. The first-order valence-corrected chi connectivity index (χ1v) is 7.20. The van der Waals surface area contributed by atoms with Gasteiger partial charge in [-0.2, -0.15) is 0 Å². The van der Waals surface area contributed by atoms with Crippen molar-refractivity contribution in [1.29, 1.82) is 0 Å². The van der Waals surface area contributed by atoms with Crippen LogP contribution in [0.1, 0.15) is 46.5 Å². The van der Waals surface area contributed by atoms with Gasteiger partial charge in [-0.25, -0.2) is 8.42 Å². The maximum absolute atomic E-state index is 11.5. The van der Waals surface area contributed by atoms with Crippen molar-refractivity contribution in [1.82, 2.24) is 0 Å². The molecule has 0 aromatic carbocycles. The molecular weight excluding hydrogens is 198 g/mol. The first kappa shape index (κ1) is 13.9. The SMILES string of the molecule is CCCS(=O)(=O)CCC(N)(CC)CC. The molecule has 3 nitrogen and oxygen atoms in total. The molecule has 0 fully saturated rings. The van der Waals surface area contributed by atoms with Crippen molar-refractivity contribution in [2.45, 2.75) is 52.0 Å². The molecule has 0 aliphatic carbocycles. The summed E-state index contributed by atoms with van der Waals surface area (Å²) in [5.74, 6) is 0.523. The minimum atomic E-state index is -2.87. The summed E-state index contributed by atoms with van der Waals surface area (Å²) in [4.78, 5) is 0. The Morgan fingerprint density at radius 1 is 1.07 bits per heavy atom. The Bertz CT molecular complexity index is 243. The van der Waals surface area contributed by atoms with Crippen LogP contribution < -0.4 is 5.73 Å². The topological polar surface area (TPSA) is 60.2 Å². The van der Waals surface area contributed by atoms with E-state index in [-0.39, 0.29) is 17.0 Å². The zero-order valence-corrected chi connectivity index (χ0v) is 10.4. The van der Waals surface area contributed by atoms with Gasteiger partial charge in [0.05, 0.1) is 5.75 Å². The van der Waals surface area contributed by atoms with E-state index in [2.05, 4.69) is 0 Å². The van der Waals surface area contributed by atoms with E-state index < -0.39 is 9.84 Å². The average molecular weight is 221 g/mol. The fraction of sp³-hybridized carbons (Fsp3) is 1.00. The van der Waals surface area contributed by atoms with E-state index in [9.17, 15) is 8.42 Å². The predicted molar refractivity (Wildman–Crippen MR) is 61.1 cm³/mol. The molecule has 0 spiro atoms. The first-order valence-electron chi connectivity index (χ1n) is 5.38. The minimum absolute atomic E-state index is 0.235. The Balaban J connectivity index is 4.16. The average Bonchev–Trinajstić information content (AvgIpc) is 2.14. The van der Waals surface area contributed by atoms with Crippen LogP contribution in [-0.4, -0.2) is 25.5 Å². The molecule has 0 radical (unpaired) electrons. The molecule has 0 saturated carbocycles. The van der Waals surface area contributed by atoms with Gasteiger partial charge in [0.25, 0.3) is 0 Å². The lowest BCUT2D eigenvalue weighted by molar-refractivity contribution is 0.382. The number of hydrogen-bond donors (Lipinski definition) is 1. The summed E-state index contributed by atoms with van der Waals surface area (Å²) < 4.78 is 22.9. The molecule has 0 aromatic heterocycles. The van der Waals surface area contributed by atoms with Gasteiger partial charge in [0.15, 0.2) is 0 Å². The molecular formula is C10H23NO2S. The van der Waals surface area contributed by atoms with Gasteiger partial charge >= 0.3 is 0 Å². The van der Waals surface area contributed by atoms with E-state index >= 15 is 0 Å². The summed E-state index contributed by atoms with van der Waals surface area (Å²) in [6.07, 6.45) is 2.96. The molecule has 14 heavy (non-hydrogen) atoms. The van der Waals surface area contributed by atoms with Crippen molar-refractivity contribution >= 4 is 9.84 Å². The highest BCUT2D eigenvalue weighted by molar-refractivity contribution is 7.91. The third-order valence-corrected chi connectivity index (χ3v) is 4.69. The van der Waals surface area contributed by atoms with Crippen LogP contribution in [-0.2, 0) is 9.84 Å². The van der Waals surface area contributed by atoms with Gasteiger partial charge in [-0.1, -0.05) is 20.8 Å². The Labute approximate surface area is 88.0 Å². The number of rotatable bonds is 7. The third-order valence-electron chi connectivity index (χ3n) is 2.83. The Morgan fingerprint density at radius 3 is 1.93 bits per heavy atom. The Morgan fingerprint density at radius 2 is 1.57 bits per heavy atom. The highest BCUT2D eigenvalue weighted by Crippen LogP contribution is 2.17. The van der Waals surface area contributed by atoms with E-state index in [1.807, 2.05) is 20.8 Å². The van der Waals surface area contributed by atoms with E-state index in [0.29, 0.717) is 12.8 Å². The van der Waals surface area contributed by atoms with E-state index in [1.54, 1.807) is 0 Å². The van der Waals surface area contributed by atoms with Gasteiger partial charge < -0.3 is 5.73 Å². The normalized spacial score (nSPS) is 13.1. The van der Waals surface area contributed by atoms with Crippen LogP contribution in [0.2, 0.25) is 0 Å². The maximum atomic E-state index is 11.5. The molecule has 0 unspecified atom stereocenters. The summed E-state index contributed by atoms with van der Waals surface area (Å²) in [5, 5.41) is 0. The van der Waals surface area contributed by atoms with Crippen molar-refractivity contribution in [2.24, 2.45) is 5.73 Å². The summed E-state index contributed by atoms with van der Waals surface area (Å²) >= 11 is 0. The smallest absolute Gasteiger partial charge is 0.150 e. The van der Waals surface area contributed by atoms with Crippen LogP contribution in [0, 0.1) is 0 Å². The van der Waals surface area contributed by atoms with Gasteiger partial charge in [0.1, 0.15) is 9.84 Å². The van der Waals surface area contributed by atoms with Crippen LogP contribution in [0.25, 0.3) is 0 Å². The number of nitrogens with two attached hydrogens (primary N) is 1. The quantitative estimate of drug-likeness (QED) is 0.712. The minimum Gasteiger partial charge on any atom is -0.325 e. The molecule has 86 valence electrons. The largest absolute Gasteiger partial charge is 0.325 e. The van der Waals surface area contributed by atoms with Crippen molar-refractivity contribution < 1.29 is 8.42 Å². The lowest BCUT2D eigenvalue weighted by Crippen LogP contribution is -2.40. The van der Waals surface area contributed by atoms with Gasteiger partial charge in [-0.05, 0) is 25.7 Å². The van der Waals surface area contributed by atoms with E-state index in [4.69, 9.17) is 5.73 Å². The van der Waals surface area contributed by atoms with Gasteiger partial charge in [0, 0.05) is 11.3 Å². The fourth-order valence-electron chi connectivity index (χ4n) is 1.38. The third kappa shape index (κ3) is 4.96. The Kier molecular flexibility index (Phi) is 5.67. The van der Waals surface area contributed by atoms with Crippen LogP contribution in [0.15, 0.2) is 0 Å². The van der Waals surface area contributed by atoms with Crippen molar-refractivity contribution in [2.75, 3.05) is 11.5 Å². The zero-order chi connectivity index (χ0) is 11.2. The molecule has 0 aliphatic rings. The predicted octanol–water partition coefficient (Wildman–Crippen LogP) is 1.72. The first-order chi connectivity index (χ1) is 6.39. The van der Waals surface area contributed by atoms with Crippen LogP contribution in [0.4, 0.5) is 0 Å². The monoisotopic (exact) mass is 221 g/mol. The highest BCUT2D eigenvalue weighted by atomic mass is 32.2. The molecule has 2 N–H and O–H groups in total. The lowest BCUT2D eigenvalue weighted by Gasteiger charge is -2.26. The molecule has 0 atom stereocenters. The fourth-order valence-corrected chi connectivity index (χ4v) is 2.92. The summed E-state index contributed by atoms with van der Waals surface area (Å²) in [6.45, 7) is 5.90. The lowest BCUT2D eigenvalue weighted by atomic mass is 9.91. The summed E-state index contributed by atoms with van der Waals surface area (Å²) in [6, 6.07) is 0. The molecule has 0 heterocycles.